The fourth-order valence-electron chi connectivity index (χ4n) is 2.13. The molecule has 1 heterocycles. The summed E-state index contributed by atoms with van der Waals surface area (Å²) in [4.78, 5) is 0. The molecule has 1 N–H and O–H groups in total. The minimum absolute atomic E-state index is 0.0225. The minimum Gasteiger partial charge on any atom is -0.508 e. The number of hydrogen-bond acceptors (Lipinski definition) is 3. The molecule has 0 aliphatic carbocycles. The van der Waals surface area contributed by atoms with Gasteiger partial charge in [0.1, 0.15) is 30.6 Å². The van der Waals surface area contributed by atoms with Gasteiger partial charge in [0.05, 0.1) is 5.52 Å². The summed E-state index contributed by atoms with van der Waals surface area (Å²) in [6, 6.07) is 8.91. The highest BCUT2D eigenvalue weighted by Gasteiger charge is 2.16. The van der Waals surface area contributed by atoms with E-state index in [1.807, 2.05) is 24.3 Å². The fraction of sp³-hybridized carbons (Fsp3) is 0.0769. The number of aromatic hydroxyl groups is 1. The molecule has 0 fully saturated rings. The molecule has 0 aliphatic heterocycles. The number of rotatable bonds is 1. The van der Waals surface area contributed by atoms with Crippen molar-refractivity contribution < 1.29 is 9.50 Å². The maximum absolute atomic E-state index is 14.3. The van der Waals surface area contributed by atoms with Crippen molar-refractivity contribution >= 4 is 24.3 Å². The van der Waals surface area contributed by atoms with Gasteiger partial charge in [-0.1, -0.05) is 17.3 Å². The monoisotopic (exact) mass is 255 g/mol. The van der Waals surface area contributed by atoms with E-state index >= 15 is 0 Å². The first-order chi connectivity index (χ1) is 9.09. The van der Waals surface area contributed by atoms with Crippen LogP contribution in [0.25, 0.3) is 16.7 Å². The van der Waals surface area contributed by atoms with Crippen molar-refractivity contribution in [2.75, 3.05) is 0 Å². The second kappa shape index (κ2) is 4.08. The Morgan fingerprint density at radius 3 is 2.84 bits per heavy atom. The fourth-order valence-corrected chi connectivity index (χ4v) is 2.13. The number of halogens is 1. The van der Waals surface area contributed by atoms with Crippen LogP contribution in [0.5, 0.6) is 5.75 Å². The normalized spacial score (nSPS) is 11.1. The molecule has 3 aromatic rings. The highest BCUT2D eigenvalue weighted by molar-refractivity contribution is 6.34. The van der Waals surface area contributed by atoms with Crippen LogP contribution in [0.15, 0.2) is 30.3 Å². The van der Waals surface area contributed by atoms with Crippen molar-refractivity contribution in [1.29, 1.82) is 0 Å². The number of phenolic OH excluding ortho intramolecular Hbond substituents is 1. The van der Waals surface area contributed by atoms with Crippen molar-refractivity contribution in [1.82, 2.24) is 15.0 Å². The van der Waals surface area contributed by atoms with Crippen molar-refractivity contribution in [3.05, 3.63) is 41.7 Å². The highest BCUT2D eigenvalue weighted by Crippen LogP contribution is 2.23. The molecule has 0 bridgehead atoms. The van der Waals surface area contributed by atoms with E-state index in [1.165, 1.54) is 4.68 Å². The smallest absolute Gasteiger partial charge is 0.148 e. The molecule has 19 heavy (non-hydrogen) atoms. The SMILES string of the molecule is Bc1c(O)c(C)cc(-n2nnc3ccccc32)c1F. The van der Waals surface area contributed by atoms with Crippen LogP contribution in [0.1, 0.15) is 5.56 Å². The molecule has 6 heteroatoms. The first-order valence-electron chi connectivity index (χ1n) is 5.89. The molecule has 0 atom stereocenters. The standard InChI is InChI=1S/C13H11BFN3O/c1-7-6-10(12(15)11(14)13(7)19)18-9-5-3-2-4-8(9)16-17-18/h2-6,19H,14H2,1H3. The van der Waals surface area contributed by atoms with Crippen molar-refractivity contribution in [3.8, 4) is 11.4 Å². The number of aromatic nitrogens is 3. The maximum Gasteiger partial charge on any atom is 0.148 e. The van der Waals surface area contributed by atoms with Gasteiger partial charge in [-0.15, -0.1) is 5.10 Å². The lowest BCUT2D eigenvalue weighted by atomic mass is 9.91. The van der Waals surface area contributed by atoms with Gasteiger partial charge in [0, 0.05) is 0 Å². The van der Waals surface area contributed by atoms with Gasteiger partial charge in [-0.25, -0.2) is 9.07 Å². The molecule has 94 valence electrons. The van der Waals surface area contributed by atoms with Crippen LogP contribution in [0.2, 0.25) is 0 Å². The van der Waals surface area contributed by atoms with Crippen molar-refractivity contribution in [3.63, 3.8) is 0 Å². The van der Waals surface area contributed by atoms with E-state index in [2.05, 4.69) is 10.3 Å². The first kappa shape index (κ1) is 11.7. The van der Waals surface area contributed by atoms with Gasteiger partial charge in [-0.05, 0) is 36.1 Å². The van der Waals surface area contributed by atoms with Crippen LogP contribution < -0.4 is 5.46 Å². The molecule has 2 aromatic carbocycles. The van der Waals surface area contributed by atoms with Crippen molar-refractivity contribution in [2.45, 2.75) is 6.92 Å². The van der Waals surface area contributed by atoms with E-state index in [1.54, 1.807) is 20.8 Å². The summed E-state index contributed by atoms with van der Waals surface area (Å²) < 4.78 is 15.7. The third-order valence-electron chi connectivity index (χ3n) is 3.22. The molecule has 4 nitrogen and oxygen atoms in total. The summed E-state index contributed by atoms with van der Waals surface area (Å²) in [6.07, 6.45) is 0. The highest BCUT2D eigenvalue weighted by atomic mass is 19.1. The molecule has 0 unspecified atom stereocenters. The average molecular weight is 255 g/mol. The second-order valence-electron chi connectivity index (χ2n) is 4.49. The Morgan fingerprint density at radius 1 is 1.32 bits per heavy atom. The minimum atomic E-state index is -0.487. The van der Waals surface area contributed by atoms with Crippen LogP contribution in [0.3, 0.4) is 0 Å². The average Bonchev–Trinajstić information content (AvgIpc) is 2.84. The molecule has 0 saturated heterocycles. The number of fused-ring (bicyclic) bond motifs is 1. The van der Waals surface area contributed by atoms with Gasteiger partial charge in [0.15, 0.2) is 0 Å². The number of benzene rings is 2. The summed E-state index contributed by atoms with van der Waals surface area (Å²) in [5.74, 6) is -0.510. The molecular formula is C13H11BFN3O. The van der Waals surface area contributed by atoms with Gasteiger partial charge in [-0.2, -0.15) is 0 Å². The van der Waals surface area contributed by atoms with E-state index < -0.39 is 5.82 Å². The number of para-hydroxylation sites is 1. The molecule has 0 radical (unpaired) electrons. The first-order valence-corrected chi connectivity index (χ1v) is 5.89. The Labute approximate surface area is 109 Å². The molecular weight excluding hydrogens is 244 g/mol. The number of phenols is 1. The topological polar surface area (TPSA) is 50.9 Å². The largest absolute Gasteiger partial charge is 0.508 e. The van der Waals surface area contributed by atoms with Gasteiger partial charge >= 0.3 is 0 Å². The van der Waals surface area contributed by atoms with E-state index in [4.69, 9.17) is 0 Å². The van der Waals surface area contributed by atoms with Gasteiger partial charge in [-0.3, -0.25) is 0 Å². The molecule has 0 spiro atoms. The summed E-state index contributed by atoms with van der Waals surface area (Å²) in [5.41, 5.74) is 2.54. The lowest BCUT2D eigenvalue weighted by Gasteiger charge is -2.10. The number of hydrogen-bond donors (Lipinski definition) is 1. The Bertz CT molecular complexity index is 785. The summed E-state index contributed by atoms with van der Waals surface area (Å²) in [6.45, 7) is 1.73. The Morgan fingerprint density at radius 2 is 2.05 bits per heavy atom. The predicted octanol–water partition coefficient (Wildman–Crippen LogP) is 0.832. The summed E-state index contributed by atoms with van der Waals surface area (Å²) >= 11 is 0. The van der Waals surface area contributed by atoms with Crippen molar-refractivity contribution in [2.24, 2.45) is 0 Å². The maximum atomic E-state index is 14.3. The number of nitrogens with zero attached hydrogens (tertiary/aromatic N) is 3. The summed E-state index contributed by atoms with van der Waals surface area (Å²) in [5, 5.41) is 17.7. The van der Waals surface area contributed by atoms with Crippen LogP contribution in [0.4, 0.5) is 4.39 Å². The zero-order chi connectivity index (χ0) is 13.6. The third-order valence-corrected chi connectivity index (χ3v) is 3.22. The van der Waals surface area contributed by atoms with Crippen LogP contribution in [-0.2, 0) is 0 Å². The molecule has 1 aromatic heterocycles. The Kier molecular flexibility index (Phi) is 2.52. The van der Waals surface area contributed by atoms with E-state index in [9.17, 15) is 9.50 Å². The van der Waals surface area contributed by atoms with Gasteiger partial charge in [0.25, 0.3) is 0 Å². The second-order valence-corrected chi connectivity index (χ2v) is 4.49. The third kappa shape index (κ3) is 1.68. The van der Waals surface area contributed by atoms with Crippen LogP contribution >= 0.6 is 0 Å². The Balaban J connectivity index is 2.34. The molecule has 3 rings (SSSR count). The van der Waals surface area contributed by atoms with Crippen LogP contribution in [0, 0.1) is 12.7 Å². The number of aryl methyl sites for hydroxylation is 1. The predicted molar refractivity (Wildman–Crippen MR) is 73.4 cm³/mol. The zero-order valence-electron chi connectivity index (χ0n) is 10.6. The van der Waals surface area contributed by atoms with E-state index in [-0.39, 0.29) is 11.2 Å². The Hall–Kier alpha value is -2.37. The molecule has 0 amide bonds. The lowest BCUT2D eigenvalue weighted by molar-refractivity contribution is 0.470. The quantitative estimate of drug-likeness (QED) is 0.655. The van der Waals surface area contributed by atoms with Gasteiger partial charge < -0.3 is 5.11 Å². The summed E-state index contributed by atoms with van der Waals surface area (Å²) in [7, 11) is 1.54. The molecule has 0 aliphatic rings. The zero-order valence-corrected chi connectivity index (χ0v) is 10.6. The van der Waals surface area contributed by atoms with Gasteiger partial charge in [0.2, 0.25) is 0 Å². The van der Waals surface area contributed by atoms with Crippen LogP contribution in [-0.4, -0.2) is 27.9 Å². The lowest BCUT2D eigenvalue weighted by Crippen LogP contribution is -2.15. The van der Waals surface area contributed by atoms with E-state index in [0.29, 0.717) is 16.8 Å². The molecule has 0 saturated carbocycles. The van der Waals surface area contributed by atoms with E-state index in [0.717, 1.165) is 5.52 Å².